The van der Waals surface area contributed by atoms with Crippen LogP contribution in [0.4, 0.5) is 17.6 Å². The highest BCUT2D eigenvalue weighted by atomic mass is 35.5. The summed E-state index contributed by atoms with van der Waals surface area (Å²) in [6.45, 7) is 1.46. The lowest BCUT2D eigenvalue weighted by Gasteiger charge is -2.14. The van der Waals surface area contributed by atoms with Crippen molar-refractivity contribution in [1.29, 1.82) is 0 Å². The average molecular weight is 356 g/mol. The normalized spacial score (nSPS) is 12.7. The van der Waals surface area contributed by atoms with Crippen LogP contribution >= 0.6 is 24.0 Å². The van der Waals surface area contributed by atoms with E-state index in [1.807, 2.05) is 0 Å². The van der Waals surface area contributed by atoms with Crippen LogP contribution in [0.1, 0.15) is 28.7 Å². The number of alkyl halides is 3. The largest absolute Gasteiger partial charge is 0.434 e. The Bertz CT molecular complexity index is 677. The van der Waals surface area contributed by atoms with Crippen molar-refractivity contribution in [1.82, 2.24) is 9.97 Å². The summed E-state index contributed by atoms with van der Waals surface area (Å²) in [6, 6.07) is 2.79. The summed E-state index contributed by atoms with van der Waals surface area (Å²) < 4.78 is 50.9. The molecule has 2 aromatic heterocycles. The second kappa shape index (κ2) is 6.76. The Labute approximate surface area is 134 Å². The fourth-order valence-electron chi connectivity index (χ4n) is 1.74. The number of aryl methyl sites for hydroxylation is 1. The van der Waals surface area contributed by atoms with E-state index in [1.165, 1.54) is 19.1 Å². The van der Waals surface area contributed by atoms with Gasteiger partial charge in [-0.05, 0) is 30.7 Å². The minimum absolute atomic E-state index is 0. The molecule has 0 radical (unpaired) electrons. The molecular weight excluding hydrogens is 345 g/mol. The molecule has 0 spiro atoms. The van der Waals surface area contributed by atoms with E-state index in [9.17, 15) is 17.6 Å². The monoisotopic (exact) mass is 355 g/mol. The van der Waals surface area contributed by atoms with E-state index < -0.39 is 28.8 Å². The fourth-order valence-corrected chi connectivity index (χ4v) is 2.02. The smallest absolute Gasteiger partial charge is 0.319 e. The summed E-state index contributed by atoms with van der Waals surface area (Å²) in [5, 5.41) is -0.547. The van der Waals surface area contributed by atoms with Crippen molar-refractivity contribution in [2.75, 3.05) is 0 Å². The van der Waals surface area contributed by atoms with Gasteiger partial charge < -0.3 is 5.73 Å². The van der Waals surface area contributed by atoms with Crippen molar-refractivity contribution in [3.8, 4) is 0 Å². The van der Waals surface area contributed by atoms with Gasteiger partial charge in [0, 0.05) is 6.20 Å². The van der Waals surface area contributed by atoms with Crippen LogP contribution in [0.5, 0.6) is 0 Å². The third kappa shape index (κ3) is 3.85. The molecule has 2 rings (SSSR count). The first kappa shape index (κ1) is 18.6. The number of rotatable bonds is 2. The molecule has 22 heavy (non-hydrogen) atoms. The van der Waals surface area contributed by atoms with Gasteiger partial charge in [0.05, 0.1) is 22.5 Å². The first-order chi connectivity index (χ1) is 9.70. The lowest BCUT2D eigenvalue weighted by atomic mass is 10.1. The van der Waals surface area contributed by atoms with Gasteiger partial charge in [0.15, 0.2) is 5.69 Å². The number of nitrogens with two attached hydrogens (primary N) is 1. The molecule has 0 fully saturated rings. The van der Waals surface area contributed by atoms with E-state index in [1.54, 1.807) is 0 Å². The van der Waals surface area contributed by atoms with Crippen molar-refractivity contribution in [3.05, 3.63) is 57.9 Å². The molecule has 2 N–H and O–H groups in total. The molecule has 9 heteroatoms. The predicted octanol–water partition coefficient (Wildman–Crippen LogP) is 4.07. The number of nitrogens with zero attached hydrogens (tertiary/aromatic N) is 2. The van der Waals surface area contributed by atoms with E-state index in [0.29, 0.717) is 5.69 Å². The van der Waals surface area contributed by atoms with Gasteiger partial charge in [0.25, 0.3) is 0 Å². The van der Waals surface area contributed by atoms with Crippen LogP contribution in [0, 0.1) is 12.7 Å². The average Bonchev–Trinajstić information content (AvgIpc) is 2.39. The minimum Gasteiger partial charge on any atom is -0.319 e. The van der Waals surface area contributed by atoms with Gasteiger partial charge in [-0.15, -0.1) is 12.4 Å². The van der Waals surface area contributed by atoms with Crippen molar-refractivity contribution in [3.63, 3.8) is 0 Å². The van der Waals surface area contributed by atoms with Gasteiger partial charge in [-0.3, -0.25) is 4.98 Å². The highest BCUT2D eigenvalue weighted by molar-refractivity contribution is 6.31. The number of hydrogen-bond donors (Lipinski definition) is 1. The number of aromatic nitrogens is 2. The topological polar surface area (TPSA) is 51.8 Å². The Morgan fingerprint density at radius 3 is 2.41 bits per heavy atom. The van der Waals surface area contributed by atoms with Gasteiger partial charge in [-0.2, -0.15) is 13.2 Å². The second-order valence-electron chi connectivity index (χ2n) is 4.38. The zero-order chi connectivity index (χ0) is 15.8. The van der Waals surface area contributed by atoms with Crippen molar-refractivity contribution < 1.29 is 17.6 Å². The molecule has 120 valence electrons. The number of halogens is 6. The standard InChI is InChI=1S/C13H10ClF4N3.ClH/c1-6-9(15)2-3-10(21-6)11(19)7-4-8(14)12(20-5-7)13(16,17)18;/h2-5,11H,19H2,1H3;1H. The first-order valence-electron chi connectivity index (χ1n) is 5.81. The molecule has 3 nitrogen and oxygen atoms in total. The van der Waals surface area contributed by atoms with Crippen LogP contribution in [0.2, 0.25) is 5.02 Å². The Balaban J connectivity index is 0.00000242. The summed E-state index contributed by atoms with van der Waals surface area (Å²) in [7, 11) is 0. The maximum Gasteiger partial charge on any atom is 0.434 e. The van der Waals surface area contributed by atoms with E-state index in [0.717, 1.165) is 12.3 Å². The van der Waals surface area contributed by atoms with E-state index >= 15 is 0 Å². The van der Waals surface area contributed by atoms with Gasteiger partial charge in [0.2, 0.25) is 0 Å². The molecule has 2 aromatic rings. The Morgan fingerprint density at radius 1 is 1.27 bits per heavy atom. The Morgan fingerprint density at radius 2 is 1.91 bits per heavy atom. The lowest BCUT2D eigenvalue weighted by Crippen LogP contribution is -2.16. The fraction of sp³-hybridized carbons (Fsp3) is 0.231. The molecule has 0 saturated carbocycles. The quantitative estimate of drug-likeness (QED) is 0.826. The van der Waals surface area contributed by atoms with E-state index in [4.69, 9.17) is 17.3 Å². The number of hydrogen-bond acceptors (Lipinski definition) is 3. The van der Waals surface area contributed by atoms with E-state index in [-0.39, 0.29) is 23.7 Å². The maximum absolute atomic E-state index is 13.2. The second-order valence-corrected chi connectivity index (χ2v) is 4.79. The summed E-state index contributed by atoms with van der Waals surface area (Å²) >= 11 is 5.58. The molecule has 1 unspecified atom stereocenters. The molecule has 0 aliphatic carbocycles. The minimum atomic E-state index is -4.63. The van der Waals surface area contributed by atoms with Crippen molar-refractivity contribution in [2.45, 2.75) is 19.1 Å². The highest BCUT2D eigenvalue weighted by Crippen LogP contribution is 2.34. The third-order valence-electron chi connectivity index (χ3n) is 2.85. The van der Waals surface area contributed by atoms with Crippen LogP contribution in [0.25, 0.3) is 0 Å². The third-order valence-corrected chi connectivity index (χ3v) is 3.14. The summed E-state index contributed by atoms with van der Waals surface area (Å²) in [6.07, 6.45) is -3.65. The van der Waals surface area contributed by atoms with Crippen LogP contribution < -0.4 is 5.73 Å². The lowest BCUT2D eigenvalue weighted by molar-refractivity contribution is -0.141. The molecule has 2 heterocycles. The van der Waals surface area contributed by atoms with Gasteiger partial charge in [-0.1, -0.05) is 11.6 Å². The molecule has 0 aromatic carbocycles. The highest BCUT2D eigenvalue weighted by Gasteiger charge is 2.35. The summed E-state index contributed by atoms with van der Waals surface area (Å²) in [5.74, 6) is -0.491. The molecule has 0 saturated heterocycles. The van der Waals surface area contributed by atoms with Crippen LogP contribution in [0.3, 0.4) is 0 Å². The molecule has 1 atom stereocenters. The van der Waals surface area contributed by atoms with Crippen molar-refractivity contribution in [2.24, 2.45) is 5.73 Å². The zero-order valence-electron chi connectivity index (χ0n) is 11.2. The van der Waals surface area contributed by atoms with Crippen LogP contribution in [0.15, 0.2) is 24.4 Å². The maximum atomic E-state index is 13.2. The van der Waals surface area contributed by atoms with Gasteiger partial charge >= 0.3 is 6.18 Å². The predicted molar refractivity (Wildman–Crippen MR) is 76.5 cm³/mol. The van der Waals surface area contributed by atoms with Gasteiger partial charge in [-0.25, -0.2) is 9.37 Å². The molecule has 0 aliphatic rings. The molecule has 0 aliphatic heterocycles. The Kier molecular flexibility index (Phi) is 5.72. The molecule has 0 amide bonds. The summed E-state index contributed by atoms with van der Waals surface area (Å²) in [5.41, 5.74) is 5.44. The van der Waals surface area contributed by atoms with E-state index in [2.05, 4.69) is 9.97 Å². The molecule has 0 bridgehead atoms. The van der Waals surface area contributed by atoms with Gasteiger partial charge in [0.1, 0.15) is 5.82 Å². The number of pyridine rings is 2. The summed E-state index contributed by atoms with van der Waals surface area (Å²) in [4.78, 5) is 7.25. The van der Waals surface area contributed by atoms with Crippen LogP contribution in [-0.2, 0) is 6.18 Å². The SMILES string of the molecule is Cc1nc(C(N)c2cnc(C(F)(F)F)c(Cl)c2)ccc1F.Cl. The zero-order valence-corrected chi connectivity index (χ0v) is 12.7. The first-order valence-corrected chi connectivity index (χ1v) is 6.19. The molecular formula is C13H11Cl2F4N3. The Hall–Kier alpha value is -1.44. The van der Waals surface area contributed by atoms with Crippen molar-refractivity contribution >= 4 is 24.0 Å². The van der Waals surface area contributed by atoms with Crippen LogP contribution in [-0.4, -0.2) is 9.97 Å².